The maximum Gasteiger partial charge on any atom is 0.159 e. The van der Waals surface area contributed by atoms with Crippen molar-refractivity contribution in [2.75, 3.05) is 0 Å². The van der Waals surface area contributed by atoms with Crippen molar-refractivity contribution in [2.45, 2.75) is 39.7 Å². The highest BCUT2D eigenvalue weighted by Crippen LogP contribution is 2.27. The Labute approximate surface area is 207 Å². The molecule has 0 amide bonds. The van der Waals surface area contributed by atoms with E-state index in [1.165, 1.54) is 22.3 Å². The van der Waals surface area contributed by atoms with Crippen molar-refractivity contribution in [1.82, 2.24) is 14.6 Å². The highest BCUT2D eigenvalue weighted by molar-refractivity contribution is 5.80. The Hall–Kier alpha value is -4.05. The Bertz CT molecular complexity index is 1450. The van der Waals surface area contributed by atoms with Gasteiger partial charge in [0.1, 0.15) is 0 Å². The average Bonchev–Trinajstić information content (AvgIpc) is 3.22. The Kier molecular flexibility index (Phi) is 6.53. The zero-order valence-electron chi connectivity index (χ0n) is 20.5. The summed E-state index contributed by atoms with van der Waals surface area (Å²) in [7, 11) is 0. The number of hydrogen-bond acceptors (Lipinski definition) is 3. The third-order valence-corrected chi connectivity index (χ3v) is 6.29. The van der Waals surface area contributed by atoms with Gasteiger partial charge in [0, 0.05) is 29.6 Å². The normalized spacial score (nSPS) is 16.9. The van der Waals surface area contributed by atoms with Gasteiger partial charge < -0.3 is 0 Å². The molecule has 4 heteroatoms. The summed E-state index contributed by atoms with van der Waals surface area (Å²) < 4.78 is 1.99. The van der Waals surface area contributed by atoms with Gasteiger partial charge in [-0.1, -0.05) is 85.8 Å². The number of hydrogen-bond donors (Lipinski definition) is 0. The molecular formula is C31H30N4. The largest absolute Gasteiger partial charge is 0.280 e. The maximum atomic E-state index is 4.92. The van der Waals surface area contributed by atoms with Crippen LogP contribution in [0.15, 0.2) is 101 Å². The fourth-order valence-electron chi connectivity index (χ4n) is 4.57. The predicted octanol–water partition coefficient (Wildman–Crippen LogP) is 6.52. The van der Waals surface area contributed by atoms with Crippen LogP contribution in [0.3, 0.4) is 0 Å². The summed E-state index contributed by atoms with van der Waals surface area (Å²) in [5, 5.41) is 4.87. The minimum absolute atomic E-state index is 0.0312. The molecule has 1 aliphatic carbocycles. The number of benzene rings is 2. The number of aryl methyl sites for hydroxylation is 3. The zero-order chi connectivity index (χ0) is 24.2. The number of fused-ring (bicyclic) bond motifs is 1. The van der Waals surface area contributed by atoms with Gasteiger partial charge in [0.25, 0.3) is 0 Å². The highest BCUT2D eigenvalue weighted by atomic mass is 15.3. The lowest BCUT2D eigenvalue weighted by Gasteiger charge is -2.17. The van der Waals surface area contributed by atoms with Crippen molar-refractivity contribution in [3.63, 3.8) is 0 Å². The van der Waals surface area contributed by atoms with Gasteiger partial charge in [-0.2, -0.15) is 5.10 Å². The van der Waals surface area contributed by atoms with Gasteiger partial charge in [-0.3, -0.25) is 4.99 Å². The van der Waals surface area contributed by atoms with E-state index in [4.69, 9.17) is 15.1 Å². The second kappa shape index (κ2) is 10.1. The van der Waals surface area contributed by atoms with Crippen LogP contribution < -0.4 is 0 Å². The Balaban J connectivity index is 1.52. The second-order valence-corrected chi connectivity index (χ2v) is 9.00. The molecule has 0 N–H and O–H groups in total. The molecule has 0 bridgehead atoms. The monoisotopic (exact) mass is 458 g/mol. The molecule has 0 saturated carbocycles. The van der Waals surface area contributed by atoms with Crippen LogP contribution in [0.1, 0.15) is 40.7 Å². The topological polar surface area (TPSA) is 42.5 Å². The minimum Gasteiger partial charge on any atom is -0.280 e. The summed E-state index contributed by atoms with van der Waals surface area (Å²) in [5.41, 5.74) is 10.1. The number of aromatic nitrogens is 3. The van der Waals surface area contributed by atoms with Gasteiger partial charge in [0.2, 0.25) is 0 Å². The van der Waals surface area contributed by atoms with Crippen LogP contribution in [0.25, 0.3) is 11.7 Å². The van der Waals surface area contributed by atoms with E-state index in [9.17, 15) is 0 Å². The van der Waals surface area contributed by atoms with Gasteiger partial charge in [0.15, 0.2) is 5.65 Å². The third-order valence-electron chi connectivity index (χ3n) is 6.29. The van der Waals surface area contributed by atoms with Crippen LogP contribution in [0.5, 0.6) is 0 Å². The molecule has 2 aromatic heterocycles. The molecule has 1 unspecified atom stereocenters. The van der Waals surface area contributed by atoms with E-state index in [0.717, 1.165) is 41.1 Å². The van der Waals surface area contributed by atoms with E-state index in [1.54, 1.807) is 0 Å². The van der Waals surface area contributed by atoms with Crippen LogP contribution in [0.2, 0.25) is 0 Å². The first-order valence-electron chi connectivity index (χ1n) is 12.2. The zero-order valence-corrected chi connectivity index (χ0v) is 20.5. The molecule has 1 aliphatic rings. The molecule has 0 fully saturated rings. The lowest BCUT2D eigenvalue weighted by atomic mass is 9.92. The summed E-state index contributed by atoms with van der Waals surface area (Å²) in [4.78, 5) is 9.76. The van der Waals surface area contributed by atoms with Crippen molar-refractivity contribution in [3.05, 3.63) is 130 Å². The van der Waals surface area contributed by atoms with Crippen LogP contribution in [-0.4, -0.2) is 26.9 Å². The first-order valence-corrected chi connectivity index (χ1v) is 12.2. The van der Waals surface area contributed by atoms with Crippen molar-refractivity contribution in [1.29, 1.82) is 0 Å². The fraction of sp³-hybridized carbons (Fsp3) is 0.194. The van der Waals surface area contributed by atoms with Crippen molar-refractivity contribution in [3.8, 4) is 0 Å². The van der Waals surface area contributed by atoms with Crippen LogP contribution in [-0.2, 0) is 12.8 Å². The molecular weight excluding hydrogens is 428 g/mol. The first kappa shape index (κ1) is 22.7. The molecule has 1 atom stereocenters. The van der Waals surface area contributed by atoms with Gasteiger partial charge in [-0.25, -0.2) is 9.50 Å². The number of rotatable bonds is 6. The molecule has 2 aromatic carbocycles. The Morgan fingerprint density at radius 2 is 1.69 bits per heavy atom. The van der Waals surface area contributed by atoms with E-state index >= 15 is 0 Å². The molecule has 0 radical (unpaired) electrons. The van der Waals surface area contributed by atoms with Crippen molar-refractivity contribution >= 4 is 17.9 Å². The Morgan fingerprint density at radius 3 is 2.40 bits per heavy atom. The minimum atomic E-state index is -0.0312. The summed E-state index contributed by atoms with van der Waals surface area (Å²) in [6.45, 7) is 6.30. The lowest BCUT2D eigenvalue weighted by molar-refractivity contribution is 0.849. The second-order valence-electron chi connectivity index (χ2n) is 9.00. The van der Waals surface area contributed by atoms with Crippen LogP contribution in [0.4, 0.5) is 0 Å². The van der Waals surface area contributed by atoms with E-state index in [1.807, 2.05) is 41.9 Å². The average molecular weight is 459 g/mol. The number of aliphatic imine (C=N–C) groups is 1. The van der Waals surface area contributed by atoms with Crippen LogP contribution in [0, 0.1) is 13.8 Å². The molecule has 0 saturated heterocycles. The van der Waals surface area contributed by atoms with Gasteiger partial charge >= 0.3 is 0 Å². The van der Waals surface area contributed by atoms with E-state index in [-0.39, 0.29) is 6.04 Å². The standard InChI is InChI=1S/C31H30N4/c1-4-29-28(31-33-22(2)17-23(3)35(31)34-29)20-26-15-16-30(32-21-25-13-9-6-10-14-25)27(19-26)18-24-11-7-5-8-12-24/h5-19,21,30H,4,20H2,1-3H3. The van der Waals surface area contributed by atoms with Crippen molar-refractivity contribution in [2.24, 2.45) is 4.99 Å². The number of allylic oxidation sites excluding steroid dienone is 2. The predicted molar refractivity (Wildman–Crippen MR) is 145 cm³/mol. The van der Waals surface area contributed by atoms with E-state index < -0.39 is 0 Å². The molecule has 2 heterocycles. The molecule has 5 rings (SSSR count). The molecule has 35 heavy (non-hydrogen) atoms. The highest BCUT2D eigenvalue weighted by Gasteiger charge is 2.19. The summed E-state index contributed by atoms with van der Waals surface area (Å²) in [5.74, 6) is 0. The SMILES string of the molecule is CCc1nn2c(C)cc(C)nc2c1CC1=CC(=Cc2ccccc2)C(N=Cc2ccccc2)C=C1. The fourth-order valence-corrected chi connectivity index (χ4v) is 4.57. The van der Waals surface area contributed by atoms with Crippen LogP contribution >= 0.6 is 0 Å². The molecule has 4 aromatic rings. The van der Waals surface area contributed by atoms with Gasteiger partial charge in [0.05, 0.1) is 11.7 Å². The summed E-state index contributed by atoms with van der Waals surface area (Å²) in [6, 6.07) is 22.8. The maximum absolute atomic E-state index is 4.92. The lowest BCUT2D eigenvalue weighted by Crippen LogP contribution is -2.09. The molecule has 174 valence electrons. The van der Waals surface area contributed by atoms with E-state index in [0.29, 0.717) is 0 Å². The smallest absolute Gasteiger partial charge is 0.159 e. The molecule has 4 nitrogen and oxygen atoms in total. The van der Waals surface area contributed by atoms with Crippen molar-refractivity contribution < 1.29 is 0 Å². The van der Waals surface area contributed by atoms with Gasteiger partial charge in [-0.05, 0) is 54.7 Å². The summed E-state index contributed by atoms with van der Waals surface area (Å²) in [6.07, 6.45) is 12.6. The Morgan fingerprint density at radius 1 is 0.971 bits per heavy atom. The molecule has 0 spiro atoms. The summed E-state index contributed by atoms with van der Waals surface area (Å²) >= 11 is 0. The first-order chi connectivity index (χ1) is 17.1. The number of nitrogens with zero attached hydrogens (tertiary/aromatic N) is 4. The quantitative estimate of drug-likeness (QED) is 0.309. The van der Waals surface area contributed by atoms with Gasteiger partial charge in [-0.15, -0.1) is 0 Å². The molecule has 0 aliphatic heterocycles. The van der Waals surface area contributed by atoms with E-state index in [2.05, 4.69) is 80.6 Å². The third kappa shape index (κ3) is 5.07.